The molecule has 0 aliphatic carbocycles. The van der Waals surface area contributed by atoms with Gasteiger partial charge in [0.25, 0.3) is 0 Å². The smallest absolute Gasteiger partial charge is 0.0787 e. The monoisotopic (exact) mass is 1000 g/mol. The minimum atomic E-state index is -2.10. The van der Waals surface area contributed by atoms with E-state index in [1.165, 1.54) is 168 Å². The molecule has 0 atom stereocenters. The summed E-state index contributed by atoms with van der Waals surface area (Å²) in [7, 11) is -2.10. The van der Waals surface area contributed by atoms with Crippen LogP contribution in [-0.2, 0) is 10.1 Å². The molecule has 5 nitrogen and oxygen atoms in total. The Labute approximate surface area is 435 Å². The summed E-state index contributed by atoms with van der Waals surface area (Å²) < 4.78 is 6.92. The Morgan fingerprint density at radius 2 is 0.691 bits per heavy atom. The van der Waals surface area contributed by atoms with Crippen molar-refractivity contribution in [3.05, 3.63) is 103 Å². The minimum absolute atomic E-state index is 0.317. The number of nitrogens with zero attached hydrogens (tertiary/aromatic N) is 2. The Morgan fingerprint density at radius 1 is 0.412 bits per heavy atom. The number of quaternary nitrogens is 2. The number of benzene rings is 3. The van der Waals surface area contributed by atoms with Crippen molar-refractivity contribution in [2.45, 2.75) is 210 Å². The van der Waals surface area contributed by atoms with Crippen LogP contribution in [0.3, 0.4) is 0 Å². The average molecular weight is 1000 g/mol. The van der Waals surface area contributed by atoms with Crippen LogP contribution in [-0.4, -0.2) is 75.3 Å². The lowest BCUT2D eigenvalue weighted by Gasteiger charge is -2.42. The number of rotatable bonds is 34. The van der Waals surface area contributed by atoms with E-state index in [4.69, 9.17) is 34.8 Å². The first kappa shape index (κ1) is 64.4. The molecule has 3 aromatic carbocycles. The topological polar surface area (TPSA) is 55.3 Å². The van der Waals surface area contributed by atoms with E-state index < -0.39 is 12.7 Å². The van der Waals surface area contributed by atoms with Crippen LogP contribution in [0.1, 0.15) is 217 Å². The van der Waals surface area contributed by atoms with E-state index in [0.717, 1.165) is 70.3 Å². The van der Waals surface area contributed by atoms with E-state index >= 15 is 0 Å². The van der Waals surface area contributed by atoms with Crippen molar-refractivity contribution >= 4 is 42.1 Å². The first-order valence-electron chi connectivity index (χ1n) is 27.6. The molecule has 0 fully saturated rings. The van der Waals surface area contributed by atoms with Gasteiger partial charge in [-0.1, -0.05) is 191 Å². The van der Waals surface area contributed by atoms with Gasteiger partial charge >= 0.3 is 0 Å². The fraction of sp³-hybridized carbons (Fsp3) is 0.695. The molecular weight excluding hydrogens is 902 g/mol. The third kappa shape index (κ3) is 23.3. The predicted octanol–water partition coefficient (Wildman–Crippen LogP) is 16.2. The van der Waals surface area contributed by atoms with Gasteiger partial charge in [-0.05, 0) is 137 Å². The second-order valence-corrected chi connectivity index (χ2v) is 21.3. The third-order valence-electron chi connectivity index (χ3n) is 14.3. The maximum Gasteiger partial charge on any atom is 0.0787 e. The molecule has 0 amide bonds. The van der Waals surface area contributed by atoms with E-state index in [2.05, 4.69) is 135 Å². The number of aryl methyl sites for hydroxylation is 3. The summed E-state index contributed by atoms with van der Waals surface area (Å²) in [5.74, 6) is 0. The van der Waals surface area contributed by atoms with E-state index in [1.807, 2.05) is 0 Å². The van der Waals surface area contributed by atoms with Crippen molar-refractivity contribution in [3.63, 3.8) is 0 Å². The summed E-state index contributed by atoms with van der Waals surface area (Å²) in [6.07, 6.45) is 24.9. The molecule has 9 heteroatoms. The molecule has 0 aliphatic rings. The lowest BCUT2D eigenvalue weighted by molar-refractivity contribution is -0.929. The van der Waals surface area contributed by atoms with E-state index in [0.29, 0.717) is 6.61 Å². The molecule has 0 unspecified atom stereocenters. The van der Waals surface area contributed by atoms with Gasteiger partial charge in [0.15, 0.2) is 0 Å². The molecule has 0 aliphatic heterocycles. The molecular formula is C59H100BCl3N2O3. The second kappa shape index (κ2) is 37.2. The summed E-state index contributed by atoms with van der Waals surface area (Å²) in [6, 6.07) is 19.8. The normalized spacial score (nSPS) is 11.8. The Balaban J connectivity index is 0.000000701. The summed E-state index contributed by atoms with van der Waals surface area (Å²) in [4.78, 5) is 0. The molecule has 0 saturated heterocycles. The third-order valence-corrected chi connectivity index (χ3v) is 15.6. The molecule has 388 valence electrons. The zero-order valence-electron chi connectivity index (χ0n) is 45.5. The fourth-order valence-electron chi connectivity index (χ4n) is 9.69. The van der Waals surface area contributed by atoms with Crippen LogP contribution >= 0.6 is 34.8 Å². The Hall–Kier alpha value is -1.61. The predicted molar refractivity (Wildman–Crippen MR) is 297 cm³/mol. The number of halogens is 3. The first-order valence-corrected chi connectivity index (χ1v) is 28.7. The van der Waals surface area contributed by atoms with Gasteiger partial charge in [0.2, 0.25) is 0 Å². The van der Waals surface area contributed by atoms with E-state index in [-0.39, 0.29) is 0 Å². The Bertz CT molecular complexity index is 1550. The maximum atomic E-state index is 9.78. The Morgan fingerprint density at radius 3 is 0.941 bits per heavy atom. The molecule has 0 saturated carbocycles. The molecule has 3 aromatic rings. The van der Waals surface area contributed by atoms with Crippen LogP contribution in [0.5, 0.6) is 0 Å². The number of unbranched alkanes of at least 4 members (excludes halogenated alkanes) is 10. The SMILES string of the molecule is CCCCCCOB([O-])[O-].CCCC[N+](CCCC)(CCCC)CCCC.CCCC[N+](CCCC)(CCCC)CCCC(c1ccc(C)c(Cl)c1)(c1ccc(C)c(Cl)c1)c1ccc(C)c(Cl)c1. The van der Waals surface area contributed by atoms with Crippen LogP contribution in [0.25, 0.3) is 0 Å². The molecule has 68 heavy (non-hydrogen) atoms. The zero-order valence-corrected chi connectivity index (χ0v) is 47.8. The van der Waals surface area contributed by atoms with E-state index in [1.54, 1.807) is 0 Å². The van der Waals surface area contributed by atoms with Gasteiger partial charge in [-0.25, -0.2) is 0 Å². The van der Waals surface area contributed by atoms with Crippen molar-refractivity contribution in [2.24, 2.45) is 0 Å². The highest BCUT2D eigenvalue weighted by molar-refractivity contribution is 6.32. The molecule has 0 spiro atoms. The van der Waals surface area contributed by atoms with Gasteiger partial charge in [0.05, 0.1) is 59.7 Å². The largest absolute Gasteiger partial charge is 0.871 e. The quantitative estimate of drug-likeness (QED) is 0.0259. The van der Waals surface area contributed by atoms with Gasteiger partial charge in [-0.3, -0.25) is 0 Å². The van der Waals surface area contributed by atoms with Gasteiger partial charge in [-0.2, -0.15) is 0 Å². The van der Waals surface area contributed by atoms with Crippen molar-refractivity contribution in [1.82, 2.24) is 0 Å². The van der Waals surface area contributed by atoms with E-state index in [9.17, 15) is 10.0 Å². The van der Waals surface area contributed by atoms with Crippen LogP contribution in [0.2, 0.25) is 15.1 Å². The fourth-order valence-corrected chi connectivity index (χ4v) is 10.2. The molecule has 0 bridgehead atoms. The van der Waals surface area contributed by atoms with Crippen LogP contribution in [0.4, 0.5) is 0 Å². The van der Waals surface area contributed by atoms with Gasteiger partial charge in [0.1, 0.15) is 0 Å². The number of hydrogen-bond donors (Lipinski definition) is 0. The second-order valence-electron chi connectivity index (χ2n) is 20.1. The van der Waals surface area contributed by atoms with Crippen LogP contribution in [0.15, 0.2) is 54.6 Å². The zero-order chi connectivity index (χ0) is 50.9. The van der Waals surface area contributed by atoms with Crippen LogP contribution < -0.4 is 10.0 Å². The highest BCUT2D eigenvalue weighted by Gasteiger charge is 2.38. The summed E-state index contributed by atoms with van der Waals surface area (Å²) >= 11 is 20.5. The standard InChI is InChI=1S/C37H51Cl3N.C16H36N.C6H13BO3/c1-7-10-21-41(22-11-8-2,23-12-9-3)24-13-20-37(31-17-14-28(4)34(38)25-31,32-18-15-29(5)35(39)26-32)33-19-16-30(6)36(40)27-33;1-5-9-13-17(14-10-6-2,15-11-7-3)16-12-8-4;1-2-3-4-5-6-10-7(8)9/h14-19,25-27H,7-13,20-24H2,1-6H3;5-16H2,1-4H3;2-6H2,1H3/q2*+1;-2. The molecule has 0 N–H and O–H groups in total. The first-order chi connectivity index (χ1) is 32.6. The maximum absolute atomic E-state index is 9.78. The molecule has 3 rings (SSSR count). The lowest BCUT2D eigenvalue weighted by atomic mass is 9.66. The molecule has 0 aromatic heterocycles. The Kier molecular flexibility index (Phi) is 35.2. The van der Waals surface area contributed by atoms with Crippen molar-refractivity contribution < 1.29 is 23.7 Å². The minimum Gasteiger partial charge on any atom is -0.871 e. The van der Waals surface area contributed by atoms with Gasteiger partial charge < -0.3 is 23.7 Å². The summed E-state index contributed by atoms with van der Waals surface area (Å²) in [6.45, 7) is 35.6. The number of hydrogen-bond acceptors (Lipinski definition) is 3. The van der Waals surface area contributed by atoms with Crippen molar-refractivity contribution in [1.29, 1.82) is 0 Å². The van der Waals surface area contributed by atoms with Gasteiger partial charge in [0, 0.05) is 27.1 Å². The lowest BCUT2D eigenvalue weighted by Crippen LogP contribution is -2.51. The summed E-state index contributed by atoms with van der Waals surface area (Å²) in [5.41, 5.74) is 6.42. The molecule has 0 radical (unpaired) electrons. The highest BCUT2D eigenvalue weighted by atomic mass is 35.5. The molecule has 0 heterocycles. The van der Waals surface area contributed by atoms with Crippen LogP contribution in [0, 0.1) is 20.8 Å². The summed E-state index contributed by atoms with van der Waals surface area (Å²) in [5, 5.41) is 21.9. The van der Waals surface area contributed by atoms with Crippen molar-refractivity contribution in [3.8, 4) is 0 Å². The van der Waals surface area contributed by atoms with Gasteiger partial charge in [-0.15, -0.1) is 0 Å². The highest BCUT2D eigenvalue weighted by Crippen LogP contribution is 2.46. The average Bonchev–Trinajstić information content (AvgIpc) is 3.33. The van der Waals surface area contributed by atoms with Crippen molar-refractivity contribution in [2.75, 3.05) is 59.0 Å².